The van der Waals surface area contributed by atoms with E-state index in [2.05, 4.69) is 58.5 Å². The Hall–Kier alpha value is -2.99. The summed E-state index contributed by atoms with van der Waals surface area (Å²) in [5, 5.41) is 5.14. The summed E-state index contributed by atoms with van der Waals surface area (Å²) in [7, 11) is 0. The van der Waals surface area contributed by atoms with E-state index in [4.69, 9.17) is 4.98 Å². The SMILES string of the molecule is CC[C@@H](C)c1nc2ccc(Br)cc2c(=O)n1N=Cc1cccn1-c1ccccc1C. The first-order chi connectivity index (χ1) is 14.5. The molecule has 0 aliphatic rings. The highest BCUT2D eigenvalue weighted by atomic mass is 79.9. The molecule has 0 fully saturated rings. The quantitative estimate of drug-likeness (QED) is 0.359. The Bertz CT molecular complexity index is 1300. The molecule has 6 heteroatoms. The van der Waals surface area contributed by atoms with Crippen molar-refractivity contribution in [1.82, 2.24) is 14.2 Å². The molecule has 0 aliphatic heterocycles. The molecular formula is C24H23BrN4O. The summed E-state index contributed by atoms with van der Waals surface area (Å²) in [6, 6.07) is 17.7. The first-order valence-electron chi connectivity index (χ1n) is 9.99. The molecule has 152 valence electrons. The minimum atomic E-state index is -0.165. The molecule has 0 amide bonds. The second kappa shape index (κ2) is 8.40. The number of hydrogen-bond acceptors (Lipinski definition) is 3. The van der Waals surface area contributed by atoms with Crippen molar-refractivity contribution in [2.45, 2.75) is 33.1 Å². The number of rotatable bonds is 5. The third kappa shape index (κ3) is 3.75. The summed E-state index contributed by atoms with van der Waals surface area (Å²) in [5.41, 5.74) is 3.66. The third-order valence-electron chi connectivity index (χ3n) is 5.35. The Labute approximate surface area is 183 Å². The van der Waals surface area contributed by atoms with Gasteiger partial charge in [-0.3, -0.25) is 4.79 Å². The lowest BCUT2D eigenvalue weighted by atomic mass is 10.1. The van der Waals surface area contributed by atoms with Gasteiger partial charge in [-0.05, 0) is 55.3 Å². The van der Waals surface area contributed by atoms with Crippen LogP contribution in [0.3, 0.4) is 0 Å². The number of nitrogens with zero attached hydrogens (tertiary/aromatic N) is 4. The Kier molecular flexibility index (Phi) is 5.68. The van der Waals surface area contributed by atoms with Gasteiger partial charge in [-0.2, -0.15) is 9.78 Å². The summed E-state index contributed by atoms with van der Waals surface area (Å²) >= 11 is 3.45. The van der Waals surface area contributed by atoms with Crippen molar-refractivity contribution in [3.63, 3.8) is 0 Å². The van der Waals surface area contributed by atoms with Gasteiger partial charge in [0.05, 0.1) is 22.8 Å². The van der Waals surface area contributed by atoms with E-state index in [-0.39, 0.29) is 11.5 Å². The molecule has 2 heterocycles. The number of aryl methyl sites for hydroxylation is 1. The van der Waals surface area contributed by atoms with Crippen LogP contribution in [-0.2, 0) is 0 Å². The average Bonchev–Trinajstić information content (AvgIpc) is 3.21. The molecule has 5 nitrogen and oxygen atoms in total. The highest BCUT2D eigenvalue weighted by Crippen LogP contribution is 2.21. The molecule has 2 aromatic heterocycles. The van der Waals surface area contributed by atoms with Crippen molar-refractivity contribution in [3.8, 4) is 5.69 Å². The monoisotopic (exact) mass is 462 g/mol. The number of aromatic nitrogens is 3. The average molecular weight is 463 g/mol. The van der Waals surface area contributed by atoms with E-state index in [1.165, 1.54) is 4.68 Å². The smallest absolute Gasteiger partial charge is 0.282 e. The molecular weight excluding hydrogens is 440 g/mol. The molecule has 4 aromatic rings. The number of hydrogen-bond donors (Lipinski definition) is 0. The number of fused-ring (bicyclic) bond motifs is 1. The first kappa shape index (κ1) is 20.3. The molecule has 30 heavy (non-hydrogen) atoms. The molecule has 0 radical (unpaired) electrons. The van der Waals surface area contributed by atoms with Gasteiger partial charge in [0, 0.05) is 22.3 Å². The van der Waals surface area contributed by atoms with Crippen molar-refractivity contribution in [1.29, 1.82) is 0 Å². The standard InChI is InChI=1S/C24H23BrN4O/c1-4-16(2)23-27-21-12-11-18(25)14-20(21)24(30)29(23)26-15-19-9-7-13-28(19)22-10-6-5-8-17(22)3/h5-16H,4H2,1-3H3/t16-/m1/s1. The minimum Gasteiger partial charge on any atom is -0.315 e. The summed E-state index contributed by atoms with van der Waals surface area (Å²) in [5.74, 6) is 0.772. The van der Waals surface area contributed by atoms with Gasteiger partial charge in [0.2, 0.25) is 0 Å². The maximum atomic E-state index is 13.3. The summed E-state index contributed by atoms with van der Waals surface area (Å²) in [6.07, 6.45) is 4.59. The first-order valence-corrected chi connectivity index (χ1v) is 10.8. The van der Waals surface area contributed by atoms with Crippen LogP contribution in [0.5, 0.6) is 0 Å². The van der Waals surface area contributed by atoms with Gasteiger partial charge in [-0.25, -0.2) is 4.98 Å². The fourth-order valence-corrected chi connectivity index (χ4v) is 3.81. The molecule has 0 bridgehead atoms. The third-order valence-corrected chi connectivity index (χ3v) is 5.84. The zero-order chi connectivity index (χ0) is 21.3. The minimum absolute atomic E-state index is 0.103. The molecule has 2 aromatic carbocycles. The summed E-state index contributed by atoms with van der Waals surface area (Å²) < 4.78 is 4.35. The fourth-order valence-electron chi connectivity index (χ4n) is 3.45. The Morgan fingerprint density at radius 2 is 1.97 bits per heavy atom. The van der Waals surface area contributed by atoms with E-state index in [1.54, 1.807) is 12.3 Å². The lowest BCUT2D eigenvalue weighted by Crippen LogP contribution is -2.24. The topological polar surface area (TPSA) is 52.2 Å². The summed E-state index contributed by atoms with van der Waals surface area (Å²) in [4.78, 5) is 18.0. The van der Waals surface area contributed by atoms with Crippen LogP contribution >= 0.6 is 15.9 Å². The van der Waals surface area contributed by atoms with Gasteiger partial charge in [-0.15, -0.1) is 0 Å². The normalized spacial score (nSPS) is 12.7. The van der Waals surface area contributed by atoms with Crippen LogP contribution in [0.1, 0.15) is 43.3 Å². The van der Waals surface area contributed by atoms with Gasteiger partial charge in [0.15, 0.2) is 0 Å². The van der Waals surface area contributed by atoms with Crippen LogP contribution < -0.4 is 5.56 Å². The Morgan fingerprint density at radius 3 is 2.73 bits per heavy atom. The van der Waals surface area contributed by atoms with E-state index in [0.717, 1.165) is 27.8 Å². The Morgan fingerprint density at radius 1 is 1.17 bits per heavy atom. The van der Waals surface area contributed by atoms with Crippen LogP contribution in [0.25, 0.3) is 16.6 Å². The maximum Gasteiger partial charge on any atom is 0.282 e. The maximum absolute atomic E-state index is 13.3. The highest BCUT2D eigenvalue weighted by Gasteiger charge is 2.16. The van der Waals surface area contributed by atoms with Crippen molar-refractivity contribution < 1.29 is 0 Å². The van der Waals surface area contributed by atoms with Gasteiger partial charge in [0.1, 0.15) is 5.82 Å². The van der Waals surface area contributed by atoms with Crippen molar-refractivity contribution in [2.75, 3.05) is 0 Å². The van der Waals surface area contributed by atoms with E-state index in [9.17, 15) is 4.79 Å². The van der Waals surface area contributed by atoms with Gasteiger partial charge in [-0.1, -0.05) is 48.0 Å². The largest absolute Gasteiger partial charge is 0.315 e. The molecule has 0 saturated heterocycles. The van der Waals surface area contributed by atoms with Crippen LogP contribution in [0, 0.1) is 6.92 Å². The lowest BCUT2D eigenvalue weighted by Gasteiger charge is -2.14. The van der Waals surface area contributed by atoms with Crippen LogP contribution in [0.2, 0.25) is 0 Å². The van der Waals surface area contributed by atoms with E-state index < -0.39 is 0 Å². The van der Waals surface area contributed by atoms with Gasteiger partial charge in [0.25, 0.3) is 5.56 Å². The van der Waals surface area contributed by atoms with E-state index in [1.807, 2.05) is 42.6 Å². The number of benzene rings is 2. The second-order valence-corrected chi connectivity index (χ2v) is 8.31. The van der Waals surface area contributed by atoms with Crippen LogP contribution in [0.4, 0.5) is 0 Å². The molecule has 4 rings (SSSR count). The molecule has 0 spiro atoms. The molecule has 0 aliphatic carbocycles. The highest BCUT2D eigenvalue weighted by molar-refractivity contribution is 9.10. The van der Waals surface area contributed by atoms with Crippen molar-refractivity contribution >= 4 is 33.0 Å². The molecule has 1 atom stereocenters. The zero-order valence-corrected chi connectivity index (χ0v) is 18.8. The predicted molar refractivity (Wildman–Crippen MR) is 126 cm³/mol. The lowest BCUT2D eigenvalue weighted by molar-refractivity contribution is 0.613. The molecule has 0 unspecified atom stereocenters. The van der Waals surface area contributed by atoms with Crippen molar-refractivity contribution in [2.24, 2.45) is 5.10 Å². The van der Waals surface area contributed by atoms with Crippen LogP contribution in [-0.4, -0.2) is 20.4 Å². The van der Waals surface area contributed by atoms with Gasteiger partial charge < -0.3 is 4.57 Å². The van der Waals surface area contributed by atoms with E-state index >= 15 is 0 Å². The van der Waals surface area contributed by atoms with Gasteiger partial charge >= 0.3 is 0 Å². The number of halogens is 1. The van der Waals surface area contributed by atoms with Crippen LogP contribution in [0.15, 0.2) is 75.2 Å². The molecule has 0 N–H and O–H groups in total. The predicted octanol–water partition coefficient (Wildman–Crippen LogP) is 5.65. The Balaban J connectivity index is 1.86. The molecule has 0 saturated carbocycles. The second-order valence-electron chi connectivity index (χ2n) is 7.39. The summed E-state index contributed by atoms with van der Waals surface area (Å²) in [6.45, 7) is 6.22. The van der Waals surface area contributed by atoms with Crippen molar-refractivity contribution in [3.05, 3.63) is 92.7 Å². The van der Waals surface area contributed by atoms with E-state index in [0.29, 0.717) is 16.7 Å². The fraction of sp³-hybridized carbons (Fsp3) is 0.208. The number of para-hydroxylation sites is 1. The zero-order valence-electron chi connectivity index (χ0n) is 17.2.